The fourth-order valence-corrected chi connectivity index (χ4v) is 1.37. The Morgan fingerprint density at radius 3 is 2.83 bits per heavy atom. The van der Waals surface area contributed by atoms with Crippen LogP contribution in [0.15, 0.2) is 18.2 Å². The first-order chi connectivity index (χ1) is 8.77. The van der Waals surface area contributed by atoms with Crippen LogP contribution in [0.5, 0.6) is 0 Å². The van der Waals surface area contributed by atoms with Crippen molar-refractivity contribution in [1.29, 1.82) is 5.26 Å². The van der Waals surface area contributed by atoms with Crippen molar-refractivity contribution >= 4 is 0 Å². The highest BCUT2D eigenvalue weighted by Gasteiger charge is 2.02. The van der Waals surface area contributed by atoms with Gasteiger partial charge in [0.15, 0.2) is 0 Å². The molecular formula is C13H17FN2O2. The van der Waals surface area contributed by atoms with E-state index in [4.69, 9.17) is 14.7 Å². The van der Waals surface area contributed by atoms with Crippen molar-refractivity contribution in [3.63, 3.8) is 0 Å². The van der Waals surface area contributed by atoms with Gasteiger partial charge in [-0.3, -0.25) is 0 Å². The Bertz CT molecular complexity index is 404. The molecule has 0 fully saturated rings. The summed E-state index contributed by atoms with van der Waals surface area (Å²) in [5.41, 5.74) is 0.880. The third-order valence-corrected chi connectivity index (χ3v) is 2.35. The molecule has 0 saturated carbocycles. The molecule has 1 N–H and O–H groups in total. The molecule has 98 valence electrons. The summed E-state index contributed by atoms with van der Waals surface area (Å²) in [6, 6.07) is 6.36. The van der Waals surface area contributed by atoms with E-state index in [0.717, 1.165) is 0 Å². The van der Waals surface area contributed by atoms with Gasteiger partial charge in [-0.1, -0.05) is 6.07 Å². The van der Waals surface area contributed by atoms with Gasteiger partial charge >= 0.3 is 0 Å². The number of ether oxygens (including phenoxy) is 2. The Kier molecular flexibility index (Phi) is 6.96. The number of methoxy groups -OCH3 is 1. The van der Waals surface area contributed by atoms with Gasteiger partial charge in [0, 0.05) is 25.8 Å². The monoisotopic (exact) mass is 252 g/mol. The third kappa shape index (κ3) is 5.23. The number of nitriles is 1. The van der Waals surface area contributed by atoms with Crippen LogP contribution in [0.4, 0.5) is 4.39 Å². The standard InChI is InChI=1S/C13H17FN2O2/c1-17-6-7-18-5-4-16-10-12-3-2-11(9-15)8-13(12)14/h2-3,8,16H,4-7,10H2,1H3. The van der Waals surface area contributed by atoms with E-state index in [9.17, 15) is 4.39 Å². The van der Waals surface area contributed by atoms with Gasteiger partial charge in [0.05, 0.1) is 31.5 Å². The smallest absolute Gasteiger partial charge is 0.129 e. The van der Waals surface area contributed by atoms with E-state index in [1.54, 1.807) is 19.2 Å². The predicted molar refractivity (Wildman–Crippen MR) is 65.5 cm³/mol. The van der Waals surface area contributed by atoms with Crippen molar-refractivity contribution in [3.05, 3.63) is 35.1 Å². The number of benzene rings is 1. The maximum Gasteiger partial charge on any atom is 0.129 e. The molecule has 0 aromatic heterocycles. The first-order valence-electron chi connectivity index (χ1n) is 5.74. The van der Waals surface area contributed by atoms with Gasteiger partial charge in [-0.15, -0.1) is 0 Å². The Morgan fingerprint density at radius 2 is 2.17 bits per heavy atom. The summed E-state index contributed by atoms with van der Waals surface area (Å²) < 4.78 is 23.6. The molecule has 5 heteroatoms. The molecule has 18 heavy (non-hydrogen) atoms. The molecule has 1 rings (SSSR count). The summed E-state index contributed by atoms with van der Waals surface area (Å²) in [4.78, 5) is 0. The van der Waals surface area contributed by atoms with Gasteiger partial charge < -0.3 is 14.8 Å². The van der Waals surface area contributed by atoms with Gasteiger partial charge in [0.25, 0.3) is 0 Å². The first kappa shape index (κ1) is 14.6. The molecule has 0 atom stereocenters. The molecule has 0 aliphatic rings. The van der Waals surface area contributed by atoms with Crippen molar-refractivity contribution in [3.8, 4) is 6.07 Å². The van der Waals surface area contributed by atoms with Gasteiger partial charge in [-0.2, -0.15) is 5.26 Å². The van der Waals surface area contributed by atoms with Crippen molar-refractivity contribution in [2.75, 3.05) is 33.5 Å². The van der Waals surface area contributed by atoms with Crippen LogP contribution in [0.25, 0.3) is 0 Å². The van der Waals surface area contributed by atoms with Crippen LogP contribution in [0.3, 0.4) is 0 Å². The SMILES string of the molecule is COCCOCCNCc1ccc(C#N)cc1F. The summed E-state index contributed by atoms with van der Waals surface area (Å²) in [6.07, 6.45) is 0. The highest BCUT2D eigenvalue weighted by Crippen LogP contribution is 2.09. The first-order valence-corrected chi connectivity index (χ1v) is 5.74. The average Bonchev–Trinajstić information content (AvgIpc) is 2.39. The number of rotatable bonds is 8. The maximum atomic E-state index is 13.5. The second-order valence-corrected chi connectivity index (χ2v) is 3.70. The average molecular weight is 252 g/mol. The zero-order valence-corrected chi connectivity index (χ0v) is 10.4. The van der Waals surface area contributed by atoms with E-state index in [0.29, 0.717) is 44.0 Å². The topological polar surface area (TPSA) is 54.3 Å². The Labute approximate surface area is 106 Å². The lowest BCUT2D eigenvalue weighted by atomic mass is 10.1. The summed E-state index contributed by atoms with van der Waals surface area (Å²) in [7, 11) is 1.62. The highest BCUT2D eigenvalue weighted by atomic mass is 19.1. The zero-order valence-electron chi connectivity index (χ0n) is 10.4. The molecule has 0 aliphatic heterocycles. The van der Waals surface area contributed by atoms with Crippen LogP contribution in [0.2, 0.25) is 0 Å². The van der Waals surface area contributed by atoms with Crippen LogP contribution < -0.4 is 5.32 Å². The van der Waals surface area contributed by atoms with Crippen LogP contribution >= 0.6 is 0 Å². The van der Waals surface area contributed by atoms with Crippen LogP contribution in [0, 0.1) is 17.1 Å². The molecule has 4 nitrogen and oxygen atoms in total. The van der Waals surface area contributed by atoms with E-state index in [-0.39, 0.29) is 5.82 Å². The van der Waals surface area contributed by atoms with Gasteiger partial charge in [-0.05, 0) is 12.1 Å². The highest BCUT2D eigenvalue weighted by molar-refractivity contribution is 5.32. The minimum absolute atomic E-state index is 0.333. The molecule has 0 saturated heterocycles. The second kappa shape index (κ2) is 8.59. The molecule has 0 bridgehead atoms. The molecule has 0 amide bonds. The molecule has 0 radical (unpaired) electrons. The normalized spacial score (nSPS) is 10.3. The molecule has 1 aromatic carbocycles. The zero-order chi connectivity index (χ0) is 13.2. The van der Waals surface area contributed by atoms with Crippen LogP contribution in [-0.2, 0) is 16.0 Å². The summed E-state index contributed by atoms with van der Waals surface area (Å²) >= 11 is 0. The number of hydrogen-bond donors (Lipinski definition) is 1. The number of nitrogens with one attached hydrogen (secondary N) is 1. The molecule has 0 aliphatic carbocycles. The van der Waals surface area contributed by atoms with Crippen LogP contribution in [0.1, 0.15) is 11.1 Å². The van der Waals surface area contributed by atoms with Crippen molar-refractivity contribution in [1.82, 2.24) is 5.32 Å². The summed E-state index contributed by atoms with van der Waals surface area (Å²) in [5, 5.41) is 11.7. The minimum Gasteiger partial charge on any atom is -0.382 e. The summed E-state index contributed by atoms with van der Waals surface area (Å²) in [5.74, 6) is -0.359. The maximum absolute atomic E-state index is 13.5. The van der Waals surface area contributed by atoms with Gasteiger partial charge in [0.2, 0.25) is 0 Å². The second-order valence-electron chi connectivity index (χ2n) is 3.70. The lowest BCUT2D eigenvalue weighted by molar-refractivity contribution is 0.0719. The molecule has 0 unspecified atom stereocenters. The van der Waals surface area contributed by atoms with E-state index < -0.39 is 0 Å². The van der Waals surface area contributed by atoms with Crippen LogP contribution in [-0.4, -0.2) is 33.5 Å². The number of halogens is 1. The fourth-order valence-electron chi connectivity index (χ4n) is 1.37. The lowest BCUT2D eigenvalue weighted by Crippen LogP contribution is -2.20. The van der Waals surface area contributed by atoms with E-state index in [1.807, 2.05) is 6.07 Å². The fraction of sp³-hybridized carbons (Fsp3) is 0.462. The largest absolute Gasteiger partial charge is 0.382 e. The molecular weight excluding hydrogens is 235 g/mol. The predicted octanol–water partition coefficient (Wildman–Crippen LogP) is 1.45. The third-order valence-electron chi connectivity index (χ3n) is 2.35. The van der Waals surface area contributed by atoms with E-state index >= 15 is 0 Å². The minimum atomic E-state index is -0.359. The van der Waals surface area contributed by atoms with Gasteiger partial charge in [0.1, 0.15) is 5.82 Å². The number of nitrogens with zero attached hydrogens (tertiary/aromatic N) is 1. The molecule has 0 heterocycles. The van der Waals surface area contributed by atoms with Crippen molar-refractivity contribution < 1.29 is 13.9 Å². The van der Waals surface area contributed by atoms with Crippen molar-refractivity contribution in [2.45, 2.75) is 6.54 Å². The number of hydrogen-bond acceptors (Lipinski definition) is 4. The quantitative estimate of drug-likeness (QED) is 0.711. The Hall–Kier alpha value is -1.48. The van der Waals surface area contributed by atoms with Gasteiger partial charge in [-0.25, -0.2) is 4.39 Å². The molecule has 1 aromatic rings. The lowest BCUT2D eigenvalue weighted by Gasteiger charge is -2.07. The Balaban J connectivity index is 2.21. The van der Waals surface area contributed by atoms with Crippen molar-refractivity contribution in [2.24, 2.45) is 0 Å². The Morgan fingerprint density at radius 1 is 1.33 bits per heavy atom. The molecule has 0 spiro atoms. The van der Waals surface area contributed by atoms with E-state index in [1.165, 1.54) is 6.07 Å². The van der Waals surface area contributed by atoms with E-state index in [2.05, 4.69) is 5.32 Å². The summed E-state index contributed by atoms with van der Waals surface area (Å²) in [6.45, 7) is 2.75.